The molecule has 168 valence electrons. The van der Waals surface area contributed by atoms with E-state index in [1.807, 2.05) is 6.07 Å². The summed E-state index contributed by atoms with van der Waals surface area (Å²) in [5, 5.41) is 4.90. The van der Waals surface area contributed by atoms with E-state index < -0.39 is 0 Å². The molecule has 7 nitrogen and oxygen atoms in total. The number of ketones is 1. The number of nitrogens with one attached hydrogen (secondary N) is 1. The fourth-order valence-electron chi connectivity index (χ4n) is 3.54. The van der Waals surface area contributed by atoms with Crippen molar-refractivity contribution in [2.45, 2.75) is 32.4 Å². The number of benzene rings is 1. The Hall–Kier alpha value is -2.42. The van der Waals surface area contributed by atoms with Crippen molar-refractivity contribution in [1.82, 2.24) is 10.2 Å². The predicted molar refractivity (Wildman–Crippen MR) is 120 cm³/mol. The number of nitrogens with zero attached hydrogens (tertiary/aromatic N) is 1. The van der Waals surface area contributed by atoms with E-state index in [0.29, 0.717) is 30.2 Å². The monoisotopic (exact) mass is 446 g/mol. The summed E-state index contributed by atoms with van der Waals surface area (Å²) in [5.74, 6) is 1.12. The third kappa shape index (κ3) is 6.53. The largest absolute Gasteiger partial charge is 0.497 e. The van der Waals surface area contributed by atoms with E-state index in [-0.39, 0.29) is 17.8 Å². The molecule has 1 saturated heterocycles. The first-order valence-corrected chi connectivity index (χ1v) is 11.3. The van der Waals surface area contributed by atoms with Crippen LogP contribution in [-0.2, 0) is 11.3 Å². The second-order valence-corrected chi connectivity index (χ2v) is 8.49. The second-order valence-electron chi connectivity index (χ2n) is 7.58. The van der Waals surface area contributed by atoms with Crippen LogP contribution in [0.25, 0.3) is 0 Å². The average molecular weight is 447 g/mol. The number of rotatable bonds is 10. The third-order valence-corrected chi connectivity index (χ3v) is 6.34. The van der Waals surface area contributed by atoms with Crippen LogP contribution in [0.2, 0.25) is 0 Å². The van der Waals surface area contributed by atoms with Gasteiger partial charge in [0.15, 0.2) is 5.78 Å². The minimum atomic E-state index is -0.189. The molecule has 31 heavy (non-hydrogen) atoms. The van der Waals surface area contributed by atoms with E-state index in [1.165, 1.54) is 16.9 Å². The van der Waals surface area contributed by atoms with Crippen LogP contribution in [0.4, 0.5) is 0 Å². The first kappa shape index (κ1) is 23.2. The molecule has 8 heteroatoms. The topological polar surface area (TPSA) is 77.1 Å². The average Bonchev–Trinajstić information content (AvgIpc) is 3.24. The van der Waals surface area contributed by atoms with Crippen molar-refractivity contribution in [2.75, 3.05) is 40.5 Å². The molecule has 1 N–H and O–H groups in total. The molecule has 1 aliphatic heterocycles. The molecule has 0 unspecified atom stereocenters. The van der Waals surface area contributed by atoms with Crippen molar-refractivity contribution in [3.8, 4) is 11.5 Å². The molecule has 1 amide bonds. The lowest BCUT2D eigenvalue weighted by molar-refractivity contribution is 0.0881. The van der Waals surface area contributed by atoms with Gasteiger partial charge in [-0.1, -0.05) is 0 Å². The Labute approximate surface area is 187 Å². The quantitative estimate of drug-likeness (QED) is 0.445. The molecule has 2 aromatic rings. The van der Waals surface area contributed by atoms with Gasteiger partial charge in [0.2, 0.25) is 0 Å². The summed E-state index contributed by atoms with van der Waals surface area (Å²) in [6.07, 6.45) is 1.77. The fraction of sp³-hybridized carbons (Fsp3) is 0.478. The summed E-state index contributed by atoms with van der Waals surface area (Å²) in [5.41, 5.74) is 1.67. The first-order valence-electron chi connectivity index (χ1n) is 10.4. The number of hydrogen-bond acceptors (Lipinski definition) is 7. The summed E-state index contributed by atoms with van der Waals surface area (Å²) in [6.45, 7) is 5.12. The molecule has 0 aliphatic carbocycles. The molecule has 1 aromatic carbocycles. The van der Waals surface area contributed by atoms with E-state index in [9.17, 15) is 9.59 Å². The number of ether oxygens (including phenoxy) is 3. The fourth-order valence-corrected chi connectivity index (χ4v) is 4.35. The van der Waals surface area contributed by atoms with Gasteiger partial charge in [-0.2, -0.15) is 0 Å². The zero-order chi connectivity index (χ0) is 22.2. The van der Waals surface area contributed by atoms with Gasteiger partial charge in [0.25, 0.3) is 5.91 Å². The molecule has 1 fully saturated rings. The second kappa shape index (κ2) is 11.3. The van der Waals surface area contributed by atoms with E-state index in [1.54, 1.807) is 39.3 Å². The maximum atomic E-state index is 12.6. The van der Waals surface area contributed by atoms with Crippen LogP contribution in [0.1, 0.15) is 45.4 Å². The summed E-state index contributed by atoms with van der Waals surface area (Å²) >= 11 is 1.50. The number of thiophene rings is 1. The smallest absolute Gasteiger partial charge is 0.255 e. The maximum Gasteiger partial charge on any atom is 0.255 e. The Morgan fingerprint density at radius 3 is 2.61 bits per heavy atom. The maximum absolute atomic E-state index is 12.6. The van der Waals surface area contributed by atoms with E-state index >= 15 is 0 Å². The van der Waals surface area contributed by atoms with Gasteiger partial charge in [-0.15, -0.1) is 11.3 Å². The number of carbonyl (C=O) groups is 2. The van der Waals surface area contributed by atoms with Gasteiger partial charge < -0.3 is 19.5 Å². The molecule has 1 aliphatic rings. The molecule has 0 spiro atoms. The lowest BCUT2D eigenvalue weighted by atomic mass is 10.1. The number of carbonyl (C=O) groups excluding carboxylic acids is 2. The van der Waals surface area contributed by atoms with Crippen molar-refractivity contribution in [3.63, 3.8) is 0 Å². The summed E-state index contributed by atoms with van der Waals surface area (Å²) < 4.78 is 16.6. The van der Waals surface area contributed by atoms with Gasteiger partial charge in [0.05, 0.1) is 24.2 Å². The van der Waals surface area contributed by atoms with Crippen molar-refractivity contribution in [3.05, 3.63) is 45.6 Å². The molecular formula is C23H30N2O5S. The van der Waals surface area contributed by atoms with Gasteiger partial charge in [0, 0.05) is 39.4 Å². The predicted octanol–water partition coefficient (Wildman–Crippen LogP) is 3.38. The SMILES string of the molecule is COCCNC(=O)c1ccc(OC)cc1OC1CCN(Cc2csc(C(C)=O)c2)CC1. The van der Waals surface area contributed by atoms with Crippen molar-refractivity contribution in [2.24, 2.45) is 0 Å². The molecule has 0 saturated carbocycles. The van der Waals surface area contributed by atoms with Gasteiger partial charge in [-0.05, 0) is 48.9 Å². The standard InChI is InChI=1S/C23H30N2O5S/c1-16(26)22-12-17(15-31-22)14-25-9-6-18(7-10-25)30-21-13-19(29-3)4-5-20(21)23(27)24-8-11-28-2/h4-5,12-13,15,18H,6-11,14H2,1-3H3,(H,24,27). The molecular weight excluding hydrogens is 416 g/mol. The number of amides is 1. The Bertz CT molecular complexity index is 890. The number of Topliss-reactive ketones (excluding diaryl/α,β-unsaturated/α-hetero) is 1. The van der Waals surface area contributed by atoms with Crippen LogP contribution in [0.5, 0.6) is 11.5 Å². The van der Waals surface area contributed by atoms with Crippen molar-refractivity contribution < 1.29 is 23.8 Å². The molecule has 3 rings (SSSR count). The van der Waals surface area contributed by atoms with Crippen LogP contribution in [0.15, 0.2) is 29.6 Å². The first-order chi connectivity index (χ1) is 15.0. The highest BCUT2D eigenvalue weighted by Gasteiger charge is 2.23. The molecule has 0 atom stereocenters. The molecule has 1 aromatic heterocycles. The number of piperidine rings is 1. The van der Waals surface area contributed by atoms with E-state index in [0.717, 1.165) is 37.4 Å². The Balaban J connectivity index is 1.58. The Kier molecular flexibility index (Phi) is 8.45. The lowest BCUT2D eigenvalue weighted by Crippen LogP contribution is -2.38. The van der Waals surface area contributed by atoms with Gasteiger partial charge >= 0.3 is 0 Å². The molecule has 0 radical (unpaired) electrons. The minimum absolute atomic E-state index is 0.0316. The third-order valence-electron chi connectivity index (χ3n) is 5.26. The van der Waals surface area contributed by atoms with Gasteiger partial charge in [-0.25, -0.2) is 0 Å². The van der Waals surface area contributed by atoms with Crippen LogP contribution in [0.3, 0.4) is 0 Å². The van der Waals surface area contributed by atoms with Crippen LogP contribution < -0.4 is 14.8 Å². The highest BCUT2D eigenvalue weighted by Crippen LogP contribution is 2.28. The summed E-state index contributed by atoms with van der Waals surface area (Å²) in [4.78, 5) is 27.2. The number of likely N-dealkylation sites (tertiary alicyclic amines) is 1. The number of methoxy groups -OCH3 is 2. The zero-order valence-electron chi connectivity index (χ0n) is 18.3. The summed E-state index contributed by atoms with van der Waals surface area (Å²) in [6, 6.07) is 7.25. The zero-order valence-corrected chi connectivity index (χ0v) is 19.1. The highest BCUT2D eigenvalue weighted by atomic mass is 32.1. The van der Waals surface area contributed by atoms with Crippen LogP contribution in [-0.4, -0.2) is 63.2 Å². The van der Waals surface area contributed by atoms with Crippen LogP contribution in [0, 0.1) is 0 Å². The normalized spacial score (nSPS) is 14.9. The highest BCUT2D eigenvalue weighted by molar-refractivity contribution is 7.12. The van der Waals surface area contributed by atoms with Crippen LogP contribution >= 0.6 is 11.3 Å². The van der Waals surface area contributed by atoms with E-state index in [2.05, 4.69) is 15.6 Å². The molecule has 0 bridgehead atoms. The lowest BCUT2D eigenvalue weighted by Gasteiger charge is -2.32. The van der Waals surface area contributed by atoms with Crippen molar-refractivity contribution in [1.29, 1.82) is 0 Å². The van der Waals surface area contributed by atoms with Gasteiger partial charge in [-0.3, -0.25) is 14.5 Å². The van der Waals surface area contributed by atoms with E-state index in [4.69, 9.17) is 14.2 Å². The Morgan fingerprint density at radius 2 is 1.97 bits per heavy atom. The van der Waals surface area contributed by atoms with Crippen molar-refractivity contribution >= 4 is 23.0 Å². The minimum Gasteiger partial charge on any atom is -0.497 e. The molecule has 2 heterocycles. The Morgan fingerprint density at radius 1 is 1.19 bits per heavy atom. The number of hydrogen-bond donors (Lipinski definition) is 1. The summed E-state index contributed by atoms with van der Waals surface area (Å²) in [7, 11) is 3.19. The van der Waals surface area contributed by atoms with Gasteiger partial charge in [0.1, 0.15) is 17.6 Å².